The number of hydrogen-bond donors (Lipinski definition) is 1. The second-order valence-corrected chi connectivity index (χ2v) is 6.90. The van der Waals surface area contributed by atoms with Crippen LogP contribution in [0, 0.1) is 5.92 Å². The van der Waals surface area contributed by atoms with Crippen LogP contribution in [-0.2, 0) is 11.3 Å². The van der Waals surface area contributed by atoms with Gasteiger partial charge in [-0.3, -0.25) is 4.90 Å². The molecule has 1 N–H and O–H groups in total. The summed E-state index contributed by atoms with van der Waals surface area (Å²) < 4.78 is 0. The Morgan fingerprint density at radius 2 is 2.30 bits per heavy atom. The van der Waals surface area contributed by atoms with E-state index in [4.69, 9.17) is 5.11 Å². The van der Waals surface area contributed by atoms with Crippen LogP contribution in [0.1, 0.15) is 43.6 Å². The van der Waals surface area contributed by atoms with Crippen molar-refractivity contribution < 1.29 is 9.90 Å². The Morgan fingerprint density at radius 3 is 2.90 bits per heavy atom. The summed E-state index contributed by atoms with van der Waals surface area (Å²) in [4.78, 5) is 14.4. The molecule has 1 aromatic heterocycles. The summed E-state index contributed by atoms with van der Waals surface area (Å²) in [6, 6.07) is 2.88. The number of carbonyl (C=O) groups is 1. The Balaban J connectivity index is 1.91. The molecule has 0 spiro atoms. The summed E-state index contributed by atoms with van der Waals surface area (Å²) >= 11 is 1.72. The molecule has 0 aromatic carbocycles. The molecule has 1 fully saturated rings. The molecule has 1 aromatic rings. The van der Waals surface area contributed by atoms with Crippen LogP contribution in [0.25, 0.3) is 6.08 Å². The first-order valence-electron chi connectivity index (χ1n) is 7.27. The van der Waals surface area contributed by atoms with E-state index < -0.39 is 5.97 Å². The van der Waals surface area contributed by atoms with E-state index in [0.717, 1.165) is 24.1 Å². The van der Waals surface area contributed by atoms with Gasteiger partial charge < -0.3 is 5.11 Å². The maximum Gasteiger partial charge on any atom is 0.328 e. The molecule has 20 heavy (non-hydrogen) atoms. The Bertz CT molecular complexity index is 475. The molecule has 0 amide bonds. The largest absolute Gasteiger partial charge is 0.478 e. The van der Waals surface area contributed by atoms with Crippen LogP contribution in [0.5, 0.6) is 0 Å². The average molecular weight is 293 g/mol. The number of carboxylic acids is 1. The second kappa shape index (κ2) is 7.04. The van der Waals surface area contributed by atoms with Crippen LogP contribution in [-0.4, -0.2) is 28.6 Å². The molecule has 0 radical (unpaired) electrons. The summed E-state index contributed by atoms with van der Waals surface area (Å²) in [6.45, 7) is 6.71. The lowest BCUT2D eigenvalue weighted by molar-refractivity contribution is -0.131. The molecule has 0 unspecified atom stereocenters. The van der Waals surface area contributed by atoms with E-state index in [0.29, 0.717) is 0 Å². The molecular formula is C16H23NO2S. The van der Waals surface area contributed by atoms with Crippen molar-refractivity contribution in [2.75, 3.05) is 6.54 Å². The molecule has 110 valence electrons. The van der Waals surface area contributed by atoms with Crippen molar-refractivity contribution in [1.82, 2.24) is 4.90 Å². The summed E-state index contributed by atoms with van der Waals surface area (Å²) in [7, 11) is 0. The van der Waals surface area contributed by atoms with Gasteiger partial charge in [-0.1, -0.05) is 13.8 Å². The number of carboxylic acid groups (broad SMARTS) is 1. The van der Waals surface area contributed by atoms with E-state index in [1.165, 1.54) is 36.8 Å². The van der Waals surface area contributed by atoms with Crippen molar-refractivity contribution in [2.24, 2.45) is 5.92 Å². The molecule has 4 heteroatoms. The SMILES string of the molecule is CC(C)CCN(Cc1cc(/C=C/C(=O)O)cs1)C1CC1. The first-order valence-corrected chi connectivity index (χ1v) is 8.15. The number of nitrogens with zero attached hydrogens (tertiary/aromatic N) is 1. The highest BCUT2D eigenvalue weighted by Crippen LogP contribution is 2.30. The van der Waals surface area contributed by atoms with Gasteiger partial charge in [0.2, 0.25) is 0 Å². The van der Waals surface area contributed by atoms with Crippen molar-refractivity contribution >= 4 is 23.4 Å². The van der Waals surface area contributed by atoms with Gasteiger partial charge in [0.25, 0.3) is 0 Å². The monoisotopic (exact) mass is 293 g/mol. The van der Waals surface area contributed by atoms with E-state index in [2.05, 4.69) is 24.8 Å². The standard InChI is InChI=1S/C16H23NO2S/c1-12(2)7-8-17(14-4-5-14)10-15-9-13(11-20-15)3-6-16(18)19/h3,6,9,11-12,14H,4-5,7-8,10H2,1-2H3,(H,18,19)/b6-3+. The molecule has 0 saturated heterocycles. The zero-order valence-corrected chi connectivity index (χ0v) is 13.0. The minimum absolute atomic E-state index is 0.744. The van der Waals surface area contributed by atoms with Crippen LogP contribution < -0.4 is 0 Å². The van der Waals surface area contributed by atoms with Gasteiger partial charge >= 0.3 is 5.97 Å². The third-order valence-electron chi connectivity index (χ3n) is 3.51. The fourth-order valence-corrected chi connectivity index (χ4v) is 3.07. The molecular weight excluding hydrogens is 270 g/mol. The van der Waals surface area contributed by atoms with E-state index >= 15 is 0 Å². The third-order valence-corrected chi connectivity index (χ3v) is 4.45. The molecule has 0 atom stereocenters. The van der Waals surface area contributed by atoms with Crippen LogP contribution in [0.2, 0.25) is 0 Å². The van der Waals surface area contributed by atoms with Gasteiger partial charge in [-0.2, -0.15) is 0 Å². The predicted molar refractivity (Wildman–Crippen MR) is 83.9 cm³/mol. The van der Waals surface area contributed by atoms with E-state index in [1.807, 2.05) is 5.38 Å². The topological polar surface area (TPSA) is 40.5 Å². The maximum absolute atomic E-state index is 10.5. The molecule has 1 heterocycles. The zero-order chi connectivity index (χ0) is 14.5. The smallest absolute Gasteiger partial charge is 0.328 e. The Hall–Kier alpha value is -1.13. The highest BCUT2D eigenvalue weighted by molar-refractivity contribution is 7.10. The highest BCUT2D eigenvalue weighted by atomic mass is 32.1. The Kier molecular flexibility index (Phi) is 5.38. The lowest BCUT2D eigenvalue weighted by Crippen LogP contribution is -2.27. The van der Waals surface area contributed by atoms with Crippen LogP contribution in [0.4, 0.5) is 0 Å². The van der Waals surface area contributed by atoms with Gasteiger partial charge in [-0.25, -0.2) is 4.79 Å². The molecule has 0 aliphatic heterocycles. The zero-order valence-electron chi connectivity index (χ0n) is 12.2. The van der Waals surface area contributed by atoms with Crippen molar-refractivity contribution in [2.45, 2.75) is 45.7 Å². The fraction of sp³-hybridized carbons (Fsp3) is 0.562. The third kappa shape index (κ3) is 5.10. The summed E-state index contributed by atoms with van der Waals surface area (Å²) in [5, 5.41) is 10.7. The second-order valence-electron chi connectivity index (χ2n) is 5.90. The summed E-state index contributed by atoms with van der Waals surface area (Å²) in [5.41, 5.74) is 0.993. The van der Waals surface area contributed by atoms with Crippen LogP contribution >= 0.6 is 11.3 Å². The van der Waals surface area contributed by atoms with Crippen molar-refractivity contribution in [3.8, 4) is 0 Å². The Labute approximate surface area is 124 Å². The lowest BCUT2D eigenvalue weighted by Gasteiger charge is -2.22. The molecule has 1 aliphatic carbocycles. The van der Waals surface area contributed by atoms with Crippen LogP contribution in [0.3, 0.4) is 0 Å². The molecule has 2 rings (SSSR count). The molecule has 1 saturated carbocycles. The van der Waals surface area contributed by atoms with Gasteiger partial charge in [-0.15, -0.1) is 11.3 Å². The summed E-state index contributed by atoms with van der Waals surface area (Å²) in [6.07, 6.45) is 6.76. The minimum Gasteiger partial charge on any atom is -0.478 e. The molecule has 0 bridgehead atoms. The van der Waals surface area contributed by atoms with E-state index in [1.54, 1.807) is 17.4 Å². The molecule has 3 nitrogen and oxygen atoms in total. The average Bonchev–Trinajstić information content (AvgIpc) is 3.12. The first-order chi connectivity index (χ1) is 9.54. The van der Waals surface area contributed by atoms with Crippen molar-refractivity contribution in [1.29, 1.82) is 0 Å². The van der Waals surface area contributed by atoms with Crippen LogP contribution in [0.15, 0.2) is 17.5 Å². The minimum atomic E-state index is -0.894. The van der Waals surface area contributed by atoms with E-state index in [-0.39, 0.29) is 0 Å². The van der Waals surface area contributed by atoms with Crippen molar-refractivity contribution in [3.63, 3.8) is 0 Å². The normalized spacial score (nSPS) is 15.6. The van der Waals surface area contributed by atoms with Gasteiger partial charge in [0, 0.05) is 23.5 Å². The summed E-state index contributed by atoms with van der Waals surface area (Å²) in [5.74, 6) is -0.150. The fourth-order valence-electron chi connectivity index (χ4n) is 2.19. The molecule has 1 aliphatic rings. The van der Waals surface area contributed by atoms with Gasteiger partial charge in [0.05, 0.1) is 0 Å². The maximum atomic E-state index is 10.5. The number of hydrogen-bond acceptors (Lipinski definition) is 3. The van der Waals surface area contributed by atoms with Crippen molar-refractivity contribution in [3.05, 3.63) is 28.0 Å². The lowest BCUT2D eigenvalue weighted by atomic mass is 10.1. The van der Waals surface area contributed by atoms with Gasteiger partial charge in [0.15, 0.2) is 0 Å². The highest BCUT2D eigenvalue weighted by Gasteiger charge is 2.28. The predicted octanol–water partition coefficient (Wildman–Crippen LogP) is 3.86. The number of thiophene rings is 1. The Morgan fingerprint density at radius 1 is 1.55 bits per heavy atom. The number of aliphatic carboxylic acids is 1. The number of rotatable bonds is 8. The quantitative estimate of drug-likeness (QED) is 0.740. The first kappa shape index (κ1) is 15.3. The van der Waals surface area contributed by atoms with Gasteiger partial charge in [-0.05, 0) is 54.8 Å². The van der Waals surface area contributed by atoms with Gasteiger partial charge in [0.1, 0.15) is 0 Å². The van der Waals surface area contributed by atoms with E-state index in [9.17, 15) is 4.79 Å².